The summed E-state index contributed by atoms with van der Waals surface area (Å²) in [4.78, 5) is 13.5. The Balaban J connectivity index is 1.54. The maximum Gasteiger partial charge on any atom is 0.336 e. The number of fused-ring (bicyclic) bond motifs is 2. The Morgan fingerprint density at radius 3 is 2.88 bits per heavy atom. The van der Waals surface area contributed by atoms with Crippen LogP contribution < -0.4 is 0 Å². The van der Waals surface area contributed by atoms with Gasteiger partial charge in [0, 0.05) is 31.9 Å². The first-order chi connectivity index (χ1) is 11.6. The monoisotopic (exact) mass is 329 g/mol. The molecule has 1 aromatic heterocycles. The molecule has 2 aliphatic rings. The van der Waals surface area contributed by atoms with E-state index in [4.69, 9.17) is 0 Å². The second kappa shape index (κ2) is 6.02. The summed E-state index contributed by atoms with van der Waals surface area (Å²) in [7, 11) is 0. The molecule has 0 unspecified atom stereocenters. The number of benzene rings is 1. The third kappa shape index (κ3) is 2.82. The number of rotatable bonds is 3. The van der Waals surface area contributed by atoms with Crippen LogP contribution in [0.25, 0.3) is 0 Å². The average Bonchev–Trinajstić information content (AvgIpc) is 2.95. The molecule has 24 heavy (non-hydrogen) atoms. The van der Waals surface area contributed by atoms with Crippen LogP contribution >= 0.6 is 0 Å². The Morgan fingerprint density at radius 1 is 1.21 bits per heavy atom. The van der Waals surface area contributed by atoms with Gasteiger partial charge in [0.25, 0.3) is 0 Å². The average molecular weight is 329 g/mol. The van der Waals surface area contributed by atoms with Crippen LogP contribution in [0, 0.1) is 5.82 Å². The normalized spacial score (nSPS) is 17.4. The molecule has 1 N–H and O–H groups in total. The van der Waals surface area contributed by atoms with Crippen molar-refractivity contribution in [1.82, 2.24) is 14.7 Å². The number of hydrogen-bond donors (Lipinski definition) is 1. The zero-order valence-corrected chi connectivity index (χ0v) is 13.5. The van der Waals surface area contributed by atoms with E-state index < -0.39 is 11.8 Å². The van der Waals surface area contributed by atoms with Crippen LogP contribution in [0.5, 0.6) is 0 Å². The van der Waals surface area contributed by atoms with Crippen molar-refractivity contribution in [2.24, 2.45) is 0 Å². The molecule has 126 valence electrons. The predicted molar refractivity (Wildman–Crippen MR) is 86.3 cm³/mol. The minimum absolute atomic E-state index is 0.0992. The summed E-state index contributed by atoms with van der Waals surface area (Å²) >= 11 is 0. The zero-order chi connectivity index (χ0) is 16.7. The number of aromatic nitrogens is 2. The second-order valence-electron chi connectivity index (χ2n) is 6.66. The lowest BCUT2D eigenvalue weighted by molar-refractivity contribution is 0.0694. The maximum absolute atomic E-state index is 13.7. The number of aryl methyl sites for hydroxylation is 2. The van der Waals surface area contributed by atoms with Crippen LogP contribution in [0.2, 0.25) is 0 Å². The summed E-state index contributed by atoms with van der Waals surface area (Å²) < 4.78 is 15.8. The molecular formula is C18H20FN3O2. The first-order valence-corrected chi connectivity index (χ1v) is 8.43. The lowest BCUT2D eigenvalue weighted by Gasteiger charge is -2.29. The molecule has 2 aliphatic heterocycles. The van der Waals surface area contributed by atoms with Gasteiger partial charge in [-0.05, 0) is 55.0 Å². The topological polar surface area (TPSA) is 58.4 Å². The molecule has 0 spiro atoms. The largest absolute Gasteiger partial charge is 0.478 e. The number of carbonyl (C=O) groups is 1. The number of halogens is 1. The first kappa shape index (κ1) is 15.3. The van der Waals surface area contributed by atoms with E-state index in [2.05, 4.69) is 20.7 Å². The van der Waals surface area contributed by atoms with Crippen LogP contribution in [0.3, 0.4) is 0 Å². The van der Waals surface area contributed by atoms with Crippen LogP contribution in [0.1, 0.15) is 45.7 Å². The fourth-order valence-corrected chi connectivity index (χ4v) is 3.83. The van der Waals surface area contributed by atoms with Crippen LogP contribution in [-0.4, -0.2) is 32.3 Å². The van der Waals surface area contributed by atoms with E-state index >= 15 is 0 Å². The molecule has 4 rings (SSSR count). The highest BCUT2D eigenvalue weighted by atomic mass is 19.1. The summed E-state index contributed by atoms with van der Waals surface area (Å²) in [6, 6.07) is 4.76. The van der Waals surface area contributed by atoms with E-state index in [1.165, 1.54) is 24.6 Å². The van der Waals surface area contributed by atoms with Crippen molar-refractivity contribution in [3.63, 3.8) is 0 Å². The predicted octanol–water partition coefficient (Wildman–Crippen LogP) is 2.62. The molecule has 1 aromatic carbocycles. The minimum Gasteiger partial charge on any atom is -0.478 e. The first-order valence-electron chi connectivity index (χ1n) is 8.43. The Hall–Kier alpha value is -2.21. The number of carboxylic acids is 1. The molecule has 0 saturated heterocycles. The smallest absolute Gasteiger partial charge is 0.336 e. The lowest BCUT2D eigenvalue weighted by Crippen LogP contribution is -2.31. The fourth-order valence-electron chi connectivity index (χ4n) is 3.83. The fraction of sp³-hybridized carbons (Fsp3) is 0.444. The molecule has 6 heteroatoms. The van der Waals surface area contributed by atoms with E-state index in [0.29, 0.717) is 13.0 Å². The molecule has 0 bridgehead atoms. The van der Waals surface area contributed by atoms with Crippen molar-refractivity contribution in [3.05, 3.63) is 52.1 Å². The Kier molecular flexibility index (Phi) is 3.84. The van der Waals surface area contributed by atoms with Crippen LogP contribution in [0.15, 0.2) is 18.2 Å². The van der Waals surface area contributed by atoms with Crippen LogP contribution in [0.4, 0.5) is 4.39 Å². The van der Waals surface area contributed by atoms with Gasteiger partial charge in [0.15, 0.2) is 0 Å². The lowest BCUT2D eigenvalue weighted by atomic mass is 9.94. The summed E-state index contributed by atoms with van der Waals surface area (Å²) in [6.07, 6.45) is 4.12. The SMILES string of the molecule is O=C(O)c1cc(F)cc2c1CCN(Cc1cc3n(n1)CCCC3)C2. The van der Waals surface area contributed by atoms with E-state index in [0.717, 1.165) is 48.9 Å². The number of nitrogens with zero attached hydrogens (tertiary/aromatic N) is 3. The number of aromatic carboxylic acids is 1. The summed E-state index contributed by atoms with van der Waals surface area (Å²) in [5.41, 5.74) is 3.99. The van der Waals surface area contributed by atoms with E-state index in [-0.39, 0.29) is 5.56 Å². The third-order valence-corrected chi connectivity index (χ3v) is 4.96. The Bertz CT molecular complexity index is 776. The molecule has 0 fully saturated rings. The standard InChI is InChI=1S/C18H20FN3O2/c19-13-7-12-10-21(6-4-16(12)17(8-13)18(23)24)11-14-9-15-3-1-2-5-22(15)20-14/h7-9H,1-6,10-11H2,(H,23,24). The third-order valence-electron chi connectivity index (χ3n) is 4.96. The van der Waals surface area contributed by atoms with Gasteiger partial charge in [-0.2, -0.15) is 5.10 Å². The van der Waals surface area contributed by atoms with Crippen LogP contribution in [-0.2, 0) is 32.5 Å². The highest BCUT2D eigenvalue weighted by Crippen LogP contribution is 2.25. The van der Waals surface area contributed by atoms with Crippen molar-refractivity contribution < 1.29 is 14.3 Å². The molecule has 0 amide bonds. The van der Waals surface area contributed by atoms with Gasteiger partial charge in [0.05, 0.1) is 11.3 Å². The Morgan fingerprint density at radius 2 is 2.08 bits per heavy atom. The number of hydrogen-bond acceptors (Lipinski definition) is 3. The van der Waals surface area contributed by atoms with Gasteiger partial charge in [0.1, 0.15) is 5.82 Å². The molecule has 5 nitrogen and oxygen atoms in total. The molecular weight excluding hydrogens is 309 g/mol. The Labute approximate surface area is 139 Å². The van der Waals surface area contributed by atoms with E-state index in [1.807, 2.05) is 0 Å². The van der Waals surface area contributed by atoms with Gasteiger partial charge < -0.3 is 5.11 Å². The molecule has 0 saturated carbocycles. The van der Waals surface area contributed by atoms with Crippen molar-refractivity contribution in [1.29, 1.82) is 0 Å². The summed E-state index contributed by atoms with van der Waals surface area (Å²) in [5, 5.41) is 13.9. The summed E-state index contributed by atoms with van der Waals surface area (Å²) in [5.74, 6) is -1.54. The van der Waals surface area contributed by atoms with Crippen molar-refractivity contribution >= 4 is 5.97 Å². The molecule has 0 radical (unpaired) electrons. The van der Waals surface area contributed by atoms with Gasteiger partial charge in [-0.25, -0.2) is 9.18 Å². The number of carboxylic acid groups (broad SMARTS) is 1. The van der Waals surface area contributed by atoms with Crippen molar-refractivity contribution in [2.45, 2.75) is 45.3 Å². The maximum atomic E-state index is 13.7. The quantitative estimate of drug-likeness (QED) is 0.940. The second-order valence-corrected chi connectivity index (χ2v) is 6.66. The van der Waals surface area contributed by atoms with E-state index in [9.17, 15) is 14.3 Å². The minimum atomic E-state index is -1.05. The highest BCUT2D eigenvalue weighted by molar-refractivity contribution is 5.90. The zero-order valence-electron chi connectivity index (χ0n) is 13.5. The van der Waals surface area contributed by atoms with Gasteiger partial charge in [0.2, 0.25) is 0 Å². The molecule has 0 atom stereocenters. The molecule has 2 aromatic rings. The molecule has 3 heterocycles. The van der Waals surface area contributed by atoms with Gasteiger partial charge in [-0.3, -0.25) is 9.58 Å². The molecule has 0 aliphatic carbocycles. The van der Waals surface area contributed by atoms with Gasteiger partial charge in [-0.1, -0.05) is 0 Å². The van der Waals surface area contributed by atoms with Gasteiger partial charge >= 0.3 is 5.97 Å². The summed E-state index contributed by atoms with van der Waals surface area (Å²) in [6.45, 7) is 3.04. The van der Waals surface area contributed by atoms with Crippen molar-refractivity contribution in [2.75, 3.05) is 6.54 Å². The van der Waals surface area contributed by atoms with Gasteiger partial charge in [-0.15, -0.1) is 0 Å². The van der Waals surface area contributed by atoms with Crippen molar-refractivity contribution in [3.8, 4) is 0 Å². The van der Waals surface area contributed by atoms with E-state index in [1.54, 1.807) is 0 Å². The highest BCUT2D eigenvalue weighted by Gasteiger charge is 2.24.